The van der Waals surface area contributed by atoms with E-state index in [0.29, 0.717) is 0 Å². The third-order valence-electron chi connectivity index (χ3n) is 3.03. The Labute approximate surface area is 120 Å². The zero-order valence-corrected chi connectivity index (χ0v) is 12.3. The van der Waals surface area contributed by atoms with E-state index < -0.39 is 0 Å². The van der Waals surface area contributed by atoms with Crippen LogP contribution in [0, 0.1) is 0 Å². The third kappa shape index (κ3) is 2.15. The molecule has 1 heterocycles. The molecule has 0 unspecified atom stereocenters. The number of rotatable bonds is 2. The Morgan fingerprint density at radius 1 is 0.889 bits per heavy atom. The molecule has 1 aliphatic rings. The summed E-state index contributed by atoms with van der Waals surface area (Å²) >= 11 is 5.37. The van der Waals surface area contributed by atoms with Crippen LogP contribution in [0.25, 0.3) is 5.57 Å². The molecular formula is C16H13BrS. The summed E-state index contributed by atoms with van der Waals surface area (Å²) in [7, 11) is 0. The second-order valence-electron chi connectivity index (χ2n) is 4.19. The van der Waals surface area contributed by atoms with Gasteiger partial charge in [-0.1, -0.05) is 70.2 Å². The molecule has 2 aromatic rings. The topological polar surface area (TPSA) is 0 Å². The van der Waals surface area contributed by atoms with Gasteiger partial charge in [-0.15, -0.1) is 0 Å². The standard InChI is InChI=1S/C16H13BrS/c17-11-5-8-12-13-6-1-3-9-15(13)18-16-10-4-2-7-14(12)16/h1-4,6-10H,5,11H2. The molecule has 0 atom stereocenters. The Kier molecular flexibility index (Phi) is 3.57. The van der Waals surface area contributed by atoms with E-state index in [-0.39, 0.29) is 0 Å². The highest BCUT2D eigenvalue weighted by Gasteiger charge is 2.19. The minimum atomic E-state index is 1.01. The molecule has 0 saturated heterocycles. The first-order chi connectivity index (χ1) is 8.90. The third-order valence-corrected chi connectivity index (χ3v) is 4.64. The van der Waals surface area contributed by atoms with Gasteiger partial charge in [0.05, 0.1) is 0 Å². The van der Waals surface area contributed by atoms with Crippen LogP contribution < -0.4 is 0 Å². The van der Waals surface area contributed by atoms with Gasteiger partial charge in [-0.25, -0.2) is 0 Å². The molecule has 0 amide bonds. The highest BCUT2D eigenvalue weighted by atomic mass is 79.9. The van der Waals surface area contributed by atoms with Gasteiger partial charge in [-0.2, -0.15) is 0 Å². The van der Waals surface area contributed by atoms with E-state index in [1.807, 2.05) is 11.8 Å². The fourth-order valence-corrected chi connectivity index (χ4v) is 3.57. The predicted octanol–water partition coefficient (Wildman–Crippen LogP) is 5.37. The summed E-state index contributed by atoms with van der Waals surface area (Å²) in [4.78, 5) is 2.72. The van der Waals surface area contributed by atoms with E-state index in [4.69, 9.17) is 0 Å². The van der Waals surface area contributed by atoms with E-state index in [1.165, 1.54) is 26.5 Å². The summed E-state index contributed by atoms with van der Waals surface area (Å²) in [5, 5.41) is 1.01. The molecule has 0 aromatic heterocycles. The van der Waals surface area contributed by atoms with E-state index >= 15 is 0 Å². The molecule has 0 N–H and O–H groups in total. The van der Waals surface area contributed by atoms with Crippen LogP contribution in [0.3, 0.4) is 0 Å². The lowest BCUT2D eigenvalue weighted by Crippen LogP contribution is -1.98. The second-order valence-corrected chi connectivity index (χ2v) is 6.07. The molecule has 2 aromatic carbocycles. The van der Waals surface area contributed by atoms with Crippen molar-refractivity contribution in [1.82, 2.24) is 0 Å². The normalized spacial score (nSPS) is 12.8. The molecule has 18 heavy (non-hydrogen) atoms. The average molecular weight is 317 g/mol. The van der Waals surface area contributed by atoms with Crippen LogP contribution in [-0.2, 0) is 0 Å². The van der Waals surface area contributed by atoms with Crippen LogP contribution in [0.15, 0.2) is 64.4 Å². The molecular weight excluding hydrogens is 304 g/mol. The highest BCUT2D eigenvalue weighted by molar-refractivity contribution is 9.09. The van der Waals surface area contributed by atoms with E-state index in [1.54, 1.807) is 0 Å². The molecule has 3 rings (SSSR count). The number of halogens is 1. The summed E-state index contributed by atoms with van der Waals surface area (Å²) in [5.41, 5.74) is 4.10. The average Bonchev–Trinajstić information content (AvgIpc) is 2.43. The van der Waals surface area contributed by atoms with Gasteiger partial charge in [0.2, 0.25) is 0 Å². The first-order valence-corrected chi connectivity index (χ1v) is 7.97. The van der Waals surface area contributed by atoms with Crippen LogP contribution in [0.2, 0.25) is 0 Å². The van der Waals surface area contributed by atoms with Crippen LogP contribution in [-0.4, -0.2) is 5.33 Å². The van der Waals surface area contributed by atoms with E-state index in [0.717, 1.165) is 11.8 Å². The number of allylic oxidation sites excluding steroid dienone is 1. The maximum absolute atomic E-state index is 3.51. The van der Waals surface area contributed by atoms with Gasteiger partial charge in [0, 0.05) is 15.1 Å². The minimum Gasteiger partial charge on any atom is -0.0925 e. The van der Waals surface area contributed by atoms with Crippen molar-refractivity contribution in [3.8, 4) is 0 Å². The summed E-state index contributed by atoms with van der Waals surface area (Å²) in [6.07, 6.45) is 3.40. The molecule has 0 fully saturated rings. The first-order valence-electron chi connectivity index (χ1n) is 6.03. The van der Waals surface area contributed by atoms with Gasteiger partial charge >= 0.3 is 0 Å². The molecule has 2 heteroatoms. The van der Waals surface area contributed by atoms with Gasteiger partial charge < -0.3 is 0 Å². The van der Waals surface area contributed by atoms with Crippen molar-refractivity contribution >= 4 is 33.3 Å². The SMILES string of the molecule is BrCCC=C1c2ccccc2Sc2ccccc21. The Hall–Kier alpha value is -0.990. The van der Waals surface area contributed by atoms with Crippen LogP contribution in [0.4, 0.5) is 0 Å². The summed E-state index contributed by atoms with van der Waals surface area (Å²) in [6.45, 7) is 0. The van der Waals surface area contributed by atoms with Crippen LogP contribution in [0.5, 0.6) is 0 Å². The summed E-state index contributed by atoms with van der Waals surface area (Å²) < 4.78 is 0. The van der Waals surface area contributed by atoms with Crippen LogP contribution in [0.1, 0.15) is 17.5 Å². The number of benzene rings is 2. The zero-order chi connectivity index (χ0) is 12.4. The Morgan fingerprint density at radius 3 is 2.00 bits per heavy atom. The zero-order valence-electron chi connectivity index (χ0n) is 9.90. The molecule has 0 bridgehead atoms. The lowest BCUT2D eigenvalue weighted by molar-refractivity contribution is 1.23. The maximum Gasteiger partial charge on any atom is 0.0201 e. The lowest BCUT2D eigenvalue weighted by Gasteiger charge is -2.21. The van der Waals surface area contributed by atoms with Gasteiger partial charge in [0.15, 0.2) is 0 Å². The molecule has 0 nitrogen and oxygen atoms in total. The molecule has 1 aliphatic heterocycles. The first kappa shape index (κ1) is 12.1. The Morgan fingerprint density at radius 2 is 1.44 bits per heavy atom. The minimum absolute atomic E-state index is 1.01. The van der Waals surface area contributed by atoms with Crippen molar-refractivity contribution in [1.29, 1.82) is 0 Å². The van der Waals surface area contributed by atoms with E-state index in [2.05, 4.69) is 70.5 Å². The maximum atomic E-state index is 3.51. The number of alkyl halides is 1. The summed E-state index contributed by atoms with van der Waals surface area (Å²) in [5.74, 6) is 0. The van der Waals surface area contributed by atoms with Gasteiger partial charge in [-0.3, -0.25) is 0 Å². The molecule has 90 valence electrons. The second kappa shape index (κ2) is 5.33. The molecule has 0 radical (unpaired) electrons. The molecule has 0 aliphatic carbocycles. The fourth-order valence-electron chi connectivity index (χ4n) is 2.24. The fraction of sp³-hybridized carbons (Fsp3) is 0.125. The van der Waals surface area contributed by atoms with E-state index in [9.17, 15) is 0 Å². The number of hydrogen-bond donors (Lipinski definition) is 0. The predicted molar refractivity (Wildman–Crippen MR) is 82.5 cm³/mol. The van der Waals surface area contributed by atoms with Gasteiger partial charge in [0.25, 0.3) is 0 Å². The number of hydrogen-bond acceptors (Lipinski definition) is 1. The quantitative estimate of drug-likeness (QED) is 0.573. The molecule has 0 spiro atoms. The van der Waals surface area contributed by atoms with Crippen molar-refractivity contribution in [3.05, 3.63) is 65.7 Å². The van der Waals surface area contributed by atoms with Crippen molar-refractivity contribution in [2.45, 2.75) is 16.2 Å². The largest absolute Gasteiger partial charge is 0.0925 e. The summed E-state index contributed by atoms with van der Waals surface area (Å²) in [6, 6.07) is 17.3. The lowest BCUT2D eigenvalue weighted by atomic mass is 9.96. The Balaban J connectivity index is 2.18. The molecule has 0 saturated carbocycles. The van der Waals surface area contributed by atoms with Gasteiger partial charge in [-0.05, 0) is 35.3 Å². The number of fused-ring (bicyclic) bond motifs is 2. The van der Waals surface area contributed by atoms with Gasteiger partial charge in [0.1, 0.15) is 0 Å². The van der Waals surface area contributed by atoms with Crippen LogP contribution >= 0.6 is 27.7 Å². The van der Waals surface area contributed by atoms with Crippen molar-refractivity contribution in [2.75, 3.05) is 5.33 Å². The highest BCUT2D eigenvalue weighted by Crippen LogP contribution is 2.45. The smallest absolute Gasteiger partial charge is 0.0201 e. The Bertz CT molecular complexity index is 554. The van der Waals surface area contributed by atoms with Crippen molar-refractivity contribution in [2.24, 2.45) is 0 Å². The monoisotopic (exact) mass is 316 g/mol. The van der Waals surface area contributed by atoms with Crippen molar-refractivity contribution < 1.29 is 0 Å². The van der Waals surface area contributed by atoms with Crippen molar-refractivity contribution in [3.63, 3.8) is 0 Å².